The third-order valence-corrected chi connectivity index (χ3v) is 7.90. The molecule has 0 saturated carbocycles. The summed E-state index contributed by atoms with van der Waals surface area (Å²) in [7, 11) is 2.04. The number of carbonyl (C=O) groups is 1. The molecule has 218 valence electrons. The Kier molecular flexibility index (Phi) is 7.97. The number of amides is 1. The Bertz CT molecular complexity index is 1480. The van der Waals surface area contributed by atoms with Gasteiger partial charge in [0.2, 0.25) is 5.91 Å². The first kappa shape index (κ1) is 28.9. The molecule has 5 rings (SSSR count). The monoisotopic (exact) mass is 589 g/mol. The van der Waals surface area contributed by atoms with Gasteiger partial charge in [0.1, 0.15) is 18.2 Å². The molecule has 0 aliphatic carbocycles. The van der Waals surface area contributed by atoms with Crippen LogP contribution in [0.2, 0.25) is 5.02 Å². The second-order valence-electron chi connectivity index (χ2n) is 10.6. The molecule has 0 radical (unpaired) electrons. The molecule has 0 bridgehead atoms. The third-order valence-electron chi connectivity index (χ3n) is 7.59. The Balaban J connectivity index is 1.58. The zero-order valence-electron chi connectivity index (χ0n) is 22.8. The van der Waals surface area contributed by atoms with Crippen LogP contribution in [0.1, 0.15) is 18.9 Å². The summed E-state index contributed by atoms with van der Waals surface area (Å²) in [5.74, 6) is 0.834. The van der Waals surface area contributed by atoms with Gasteiger partial charge in [-0.15, -0.1) is 0 Å². The van der Waals surface area contributed by atoms with E-state index in [4.69, 9.17) is 27.1 Å². The molecular weight excluding hydrogens is 559 g/mol. The van der Waals surface area contributed by atoms with Crippen molar-refractivity contribution in [2.75, 3.05) is 57.0 Å². The van der Waals surface area contributed by atoms with Crippen LogP contribution in [0.3, 0.4) is 0 Å². The number of alkyl halides is 3. The second kappa shape index (κ2) is 11.3. The van der Waals surface area contributed by atoms with Crippen LogP contribution in [0.25, 0.3) is 22.2 Å². The molecule has 0 spiro atoms. The number of likely N-dealkylation sites (tertiary alicyclic amines) is 1. The third kappa shape index (κ3) is 6.03. The van der Waals surface area contributed by atoms with Gasteiger partial charge in [0.15, 0.2) is 0 Å². The van der Waals surface area contributed by atoms with E-state index >= 15 is 0 Å². The summed E-state index contributed by atoms with van der Waals surface area (Å²) in [6.45, 7) is 8.91. The quantitative estimate of drug-likeness (QED) is 0.420. The molecule has 2 unspecified atom stereocenters. The van der Waals surface area contributed by atoms with Gasteiger partial charge >= 0.3 is 12.2 Å². The van der Waals surface area contributed by atoms with Crippen LogP contribution in [0.4, 0.5) is 24.8 Å². The van der Waals surface area contributed by atoms with Crippen LogP contribution >= 0.6 is 11.6 Å². The molecule has 41 heavy (non-hydrogen) atoms. The van der Waals surface area contributed by atoms with Gasteiger partial charge < -0.3 is 20.3 Å². The first-order chi connectivity index (χ1) is 19.4. The van der Waals surface area contributed by atoms with Crippen molar-refractivity contribution in [1.82, 2.24) is 24.8 Å². The van der Waals surface area contributed by atoms with Gasteiger partial charge in [-0.1, -0.05) is 25.1 Å². The number of halogens is 4. The summed E-state index contributed by atoms with van der Waals surface area (Å²) < 4.78 is 47.7. The van der Waals surface area contributed by atoms with E-state index in [1.54, 1.807) is 11.0 Å². The van der Waals surface area contributed by atoms with Crippen molar-refractivity contribution in [3.8, 4) is 17.3 Å². The van der Waals surface area contributed by atoms with Gasteiger partial charge in [0.05, 0.1) is 21.8 Å². The van der Waals surface area contributed by atoms with Crippen molar-refractivity contribution in [2.24, 2.45) is 5.92 Å². The Morgan fingerprint density at radius 2 is 1.93 bits per heavy atom. The highest BCUT2D eigenvalue weighted by molar-refractivity contribution is 6.34. The van der Waals surface area contributed by atoms with Gasteiger partial charge in [-0.25, -0.2) is 4.98 Å². The predicted molar refractivity (Wildman–Crippen MR) is 152 cm³/mol. The number of pyridine rings is 1. The van der Waals surface area contributed by atoms with Gasteiger partial charge in [-0.3, -0.25) is 9.69 Å². The number of nitrogens with zero attached hydrogens (tertiary/aromatic N) is 6. The fourth-order valence-corrected chi connectivity index (χ4v) is 5.75. The van der Waals surface area contributed by atoms with E-state index in [0.717, 1.165) is 25.1 Å². The number of hydrogen-bond donors (Lipinski definition) is 1. The molecule has 1 amide bonds. The maximum absolute atomic E-state index is 13.9. The van der Waals surface area contributed by atoms with E-state index in [1.165, 1.54) is 12.1 Å². The largest absolute Gasteiger partial charge is 0.462 e. The lowest BCUT2D eigenvalue weighted by Gasteiger charge is -2.35. The lowest BCUT2D eigenvalue weighted by Crippen LogP contribution is -2.48. The number of piperazine rings is 1. The Labute approximate surface area is 240 Å². The average molecular weight is 590 g/mol. The Hall–Kier alpha value is -3.64. The van der Waals surface area contributed by atoms with Crippen LogP contribution in [0, 0.1) is 5.92 Å². The number of ether oxygens (including phenoxy) is 1. The summed E-state index contributed by atoms with van der Waals surface area (Å²) in [4.78, 5) is 31.3. The van der Waals surface area contributed by atoms with E-state index in [-0.39, 0.29) is 40.1 Å². The van der Waals surface area contributed by atoms with E-state index in [1.807, 2.05) is 11.9 Å². The molecule has 3 aromatic rings. The molecule has 2 N–H and O–H groups in total. The van der Waals surface area contributed by atoms with Gasteiger partial charge in [0.25, 0.3) is 0 Å². The molecule has 2 aliphatic rings. The normalized spacial score (nSPS) is 20.0. The Morgan fingerprint density at radius 3 is 2.56 bits per heavy atom. The van der Waals surface area contributed by atoms with Gasteiger partial charge in [-0.2, -0.15) is 23.1 Å². The number of nitrogen functional groups attached to an aromatic ring is 1. The number of anilines is 2. The molecule has 4 heterocycles. The lowest BCUT2D eigenvalue weighted by molar-refractivity contribution is -0.137. The first-order valence-electron chi connectivity index (χ1n) is 13.3. The van der Waals surface area contributed by atoms with E-state index in [0.29, 0.717) is 55.4 Å². The molecule has 2 fully saturated rings. The fourth-order valence-electron chi connectivity index (χ4n) is 5.50. The summed E-state index contributed by atoms with van der Waals surface area (Å²) in [6, 6.07) is 5.30. The maximum atomic E-state index is 13.9. The van der Waals surface area contributed by atoms with Crippen LogP contribution in [-0.4, -0.2) is 83.1 Å². The minimum absolute atomic E-state index is 0.0418. The average Bonchev–Trinajstić information content (AvgIpc) is 3.26. The molecule has 9 nitrogen and oxygen atoms in total. The van der Waals surface area contributed by atoms with Crippen LogP contribution in [-0.2, 0) is 11.0 Å². The molecule has 1 aromatic carbocycles. The van der Waals surface area contributed by atoms with Crippen LogP contribution in [0.15, 0.2) is 36.9 Å². The van der Waals surface area contributed by atoms with Gasteiger partial charge in [-0.05, 0) is 49.7 Å². The second-order valence-corrected chi connectivity index (χ2v) is 11.0. The van der Waals surface area contributed by atoms with Crippen molar-refractivity contribution in [3.63, 3.8) is 0 Å². The highest BCUT2D eigenvalue weighted by Crippen LogP contribution is 2.41. The minimum atomic E-state index is -4.67. The zero-order chi connectivity index (χ0) is 29.5. The predicted octanol–water partition coefficient (Wildman–Crippen LogP) is 4.50. The number of carbonyl (C=O) groups excluding carboxylic acids is 1. The number of benzene rings is 1. The standard InChI is InChI=1S/C28H31ClF3N7O2/c1-4-24(40)38-7-9-39(10-8-38)26-19-12-21(29)18(25-20(28(30,31)32)5-6-23(33)35-25)13-22(19)34-27(36-26)41-15-17-11-16(2)14-37(17)3/h4-6,12-13,16-17H,1,7-11,14-15H2,2-3H3,(H2,33,35). The van der Waals surface area contributed by atoms with Crippen LogP contribution in [0.5, 0.6) is 6.01 Å². The summed E-state index contributed by atoms with van der Waals surface area (Å²) >= 11 is 6.60. The van der Waals surface area contributed by atoms with E-state index in [9.17, 15) is 18.0 Å². The minimum Gasteiger partial charge on any atom is -0.462 e. The maximum Gasteiger partial charge on any atom is 0.418 e. The van der Waals surface area contributed by atoms with Gasteiger partial charge in [0, 0.05) is 49.7 Å². The van der Waals surface area contributed by atoms with Crippen LogP contribution < -0.4 is 15.4 Å². The zero-order valence-corrected chi connectivity index (χ0v) is 23.5. The molecular formula is C28H31ClF3N7O2. The Morgan fingerprint density at radius 1 is 1.20 bits per heavy atom. The highest BCUT2D eigenvalue weighted by Gasteiger charge is 2.35. The van der Waals surface area contributed by atoms with E-state index < -0.39 is 11.7 Å². The number of aromatic nitrogens is 3. The molecule has 2 aliphatic heterocycles. The van der Waals surface area contributed by atoms with Crippen molar-refractivity contribution in [2.45, 2.75) is 25.6 Å². The van der Waals surface area contributed by atoms with Crippen molar-refractivity contribution < 1.29 is 22.7 Å². The smallest absolute Gasteiger partial charge is 0.418 e. The van der Waals surface area contributed by atoms with Crippen molar-refractivity contribution in [3.05, 3.63) is 47.5 Å². The fraction of sp³-hybridized carbons (Fsp3) is 0.429. The molecule has 13 heteroatoms. The number of nitrogens with two attached hydrogens (primary N) is 1. The van der Waals surface area contributed by atoms with Crippen molar-refractivity contribution >= 4 is 40.0 Å². The number of hydrogen-bond acceptors (Lipinski definition) is 8. The topological polar surface area (TPSA) is 101 Å². The summed E-state index contributed by atoms with van der Waals surface area (Å²) in [6.07, 6.45) is -2.42. The SMILES string of the molecule is C=CC(=O)N1CCN(c2nc(OCC3CC(C)CN3C)nc3cc(-c4nc(N)ccc4C(F)(F)F)c(Cl)cc23)CC1. The number of rotatable bonds is 6. The summed E-state index contributed by atoms with van der Waals surface area (Å²) in [5.41, 5.74) is 4.81. The first-order valence-corrected chi connectivity index (χ1v) is 13.7. The van der Waals surface area contributed by atoms with E-state index in [2.05, 4.69) is 28.4 Å². The number of fused-ring (bicyclic) bond motifs is 1. The number of likely N-dealkylation sites (N-methyl/N-ethyl adjacent to an activating group) is 1. The molecule has 2 aromatic heterocycles. The highest BCUT2D eigenvalue weighted by atomic mass is 35.5. The molecule has 2 saturated heterocycles. The molecule has 2 atom stereocenters. The summed E-state index contributed by atoms with van der Waals surface area (Å²) in [5, 5.41) is 0.584. The van der Waals surface area contributed by atoms with Crippen molar-refractivity contribution in [1.29, 1.82) is 0 Å². The lowest BCUT2D eigenvalue weighted by atomic mass is 10.0.